The van der Waals surface area contributed by atoms with Crippen molar-refractivity contribution in [2.75, 3.05) is 32.5 Å². The molecule has 17 heteroatoms. The van der Waals surface area contributed by atoms with Crippen molar-refractivity contribution in [1.82, 2.24) is 20.4 Å². The topological polar surface area (TPSA) is 197 Å². The first kappa shape index (κ1) is 38.8. The molecule has 4 atom stereocenters. The summed E-state index contributed by atoms with van der Waals surface area (Å²) in [5.41, 5.74) is -1.39. The molecule has 2 aliphatic rings. The van der Waals surface area contributed by atoms with E-state index in [2.05, 4.69) is 20.4 Å². The lowest BCUT2D eigenvalue weighted by atomic mass is 9.69. The predicted molar refractivity (Wildman–Crippen MR) is 199 cm³/mol. The van der Waals surface area contributed by atoms with Gasteiger partial charge >= 0.3 is 0 Å². The number of carbonyl (C=O) groups is 3. The van der Waals surface area contributed by atoms with E-state index in [4.69, 9.17) is 30.3 Å². The van der Waals surface area contributed by atoms with Gasteiger partial charge in [0.05, 0.1) is 20.0 Å². The van der Waals surface area contributed by atoms with Gasteiger partial charge in [0.15, 0.2) is 17.3 Å². The predicted octanol–water partition coefficient (Wildman–Crippen LogP) is 5.73. The Labute approximate surface area is 320 Å². The van der Waals surface area contributed by atoms with Crippen LogP contribution < -0.4 is 19.5 Å². The first-order valence-electron chi connectivity index (χ1n) is 16.7. The summed E-state index contributed by atoms with van der Waals surface area (Å²) in [6, 6.07) is 12.6. The van der Waals surface area contributed by atoms with Crippen LogP contribution in [0.5, 0.6) is 17.2 Å². The smallest absolute Gasteiger partial charge is 0.249 e. The first-order chi connectivity index (χ1) is 25.7. The van der Waals surface area contributed by atoms with Crippen LogP contribution in [0.2, 0.25) is 5.02 Å². The van der Waals surface area contributed by atoms with Crippen molar-refractivity contribution < 1.29 is 46.6 Å². The zero-order valence-corrected chi connectivity index (χ0v) is 32.3. The second-order valence-corrected chi connectivity index (χ2v) is 16.5. The van der Waals surface area contributed by atoms with Gasteiger partial charge in [-0.15, -0.1) is 11.8 Å². The molecular weight excluding hydrogens is 760 g/mol. The Morgan fingerprint density at radius 2 is 1.87 bits per heavy atom. The van der Waals surface area contributed by atoms with Crippen LogP contribution in [0.25, 0.3) is 11.5 Å². The van der Waals surface area contributed by atoms with E-state index in [0.29, 0.717) is 11.3 Å². The molecule has 0 fully saturated rings. The minimum Gasteiger partial charge on any atom is -0.507 e. The molecule has 1 spiro atoms. The number of ketones is 2. The first-order valence-corrected chi connectivity index (χ1v) is 20.4. The number of nitrogens with zero attached hydrogens (tertiary/aromatic N) is 3. The maximum atomic E-state index is 14.4. The number of rotatable bonds is 13. The highest BCUT2D eigenvalue weighted by Gasteiger charge is 2.61. The lowest BCUT2D eigenvalue weighted by molar-refractivity contribution is -0.122. The zero-order valence-electron chi connectivity index (χ0n) is 29.9. The van der Waals surface area contributed by atoms with E-state index in [1.807, 2.05) is 18.4 Å². The molecule has 6 rings (SSSR count). The summed E-state index contributed by atoms with van der Waals surface area (Å²) in [4.78, 5) is 52.1. The monoisotopic (exact) mass is 796 g/mol. The normalized spacial score (nSPS) is 19.3. The number of halogens is 1. The fourth-order valence-corrected chi connectivity index (χ4v) is 8.10. The molecule has 0 bridgehead atoms. The Hall–Kier alpha value is -4.93. The largest absolute Gasteiger partial charge is 0.507 e. The summed E-state index contributed by atoms with van der Waals surface area (Å²) in [7, 11) is -0.736. The fourth-order valence-electron chi connectivity index (χ4n) is 6.77. The number of hydrogen-bond donors (Lipinski definition) is 2. The van der Waals surface area contributed by atoms with Gasteiger partial charge in [-0.05, 0) is 42.5 Å². The minimum atomic E-state index is -3.48. The molecular formula is C37H37ClN4O10S2. The number of sulfone groups is 1. The number of thioether (sulfide) groups is 1. The maximum absolute atomic E-state index is 14.4. The number of allylic oxidation sites excluding steroid dienone is 1. The van der Waals surface area contributed by atoms with E-state index < -0.39 is 63.0 Å². The highest BCUT2D eigenvalue weighted by atomic mass is 35.5. The Morgan fingerprint density at radius 1 is 1.15 bits per heavy atom. The van der Waals surface area contributed by atoms with Crippen LogP contribution in [0.4, 0.5) is 0 Å². The number of methoxy groups -OCH3 is 2. The van der Waals surface area contributed by atoms with Crippen molar-refractivity contribution in [3.63, 3.8) is 0 Å². The van der Waals surface area contributed by atoms with Crippen molar-refractivity contribution in [2.45, 2.75) is 48.6 Å². The molecule has 1 amide bonds. The van der Waals surface area contributed by atoms with Gasteiger partial charge in [0.25, 0.3) is 0 Å². The van der Waals surface area contributed by atoms with Gasteiger partial charge in [0.1, 0.15) is 43.7 Å². The van der Waals surface area contributed by atoms with E-state index in [-0.39, 0.29) is 63.7 Å². The van der Waals surface area contributed by atoms with Crippen molar-refractivity contribution in [3.05, 3.63) is 88.1 Å². The molecule has 4 unspecified atom stereocenters. The summed E-state index contributed by atoms with van der Waals surface area (Å²) >= 11 is 8.11. The van der Waals surface area contributed by atoms with Crippen LogP contribution in [0.3, 0.4) is 0 Å². The Bertz CT molecular complexity index is 2250. The van der Waals surface area contributed by atoms with Gasteiger partial charge in [-0.2, -0.15) is 4.98 Å². The lowest BCUT2D eigenvalue weighted by Crippen LogP contribution is -2.53. The summed E-state index contributed by atoms with van der Waals surface area (Å²) in [6.45, 7) is 1.61. The third kappa shape index (κ3) is 7.29. The minimum absolute atomic E-state index is 0.0204. The SMILES string of the molecule is COc1cc(OC)c2c(c1Cl)OC1(C2=O)C(O)=C(C(CC(=O)NC(CCS(C)(=O)=O)c2nc(-c3ccccn3)no2)c2ccc(SC)cc2)C(=O)CC1C. The van der Waals surface area contributed by atoms with E-state index in [1.54, 1.807) is 43.5 Å². The van der Waals surface area contributed by atoms with E-state index in [0.717, 1.165) is 11.2 Å². The number of benzene rings is 2. The third-order valence-electron chi connectivity index (χ3n) is 9.51. The van der Waals surface area contributed by atoms with Gasteiger partial charge in [-0.25, -0.2) is 8.42 Å². The number of carbonyl (C=O) groups excluding carboxylic acids is 3. The third-order valence-corrected chi connectivity index (χ3v) is 11.6. The van der Waals surface area contributed by atoms with Gasteiger partial charge in [0.2, 0.25) is 29.0 Å². The highest BCUT2D eigenvalue weighted by molar-refractivity contribution is 7.98. The van der Waals surface area contributed by atoms with Crippen LogP contribution in [-0.2, 0) is 19.4 Å². The van der Waals surface area contributed by atoms with Crippen LogP contribution in [0, 0.1) is 5.92 Å². The lowest BCUT2D eigenvalue weighted by Gasteiger charge is -2.38. The Morgan fingerprint density at radius 3 is 2.50 bits per heavy atom. The van der Waals surface area contributed by atoms with Gasteiger partial charge in [-0.1, -0.05) is 41.9 Å². The molecule has 284 valence electrons. The average Bonchev–Trinajstić information content (AvgIpc) is 3.77. The summed E-state index contributed by atoms with van der Waals surface area (Å²) in [6.07, 6.45) is 3.77. The summed E-state index contributed by atoms with van der Waals surface area (Å²) < 4.78 is 47.1. The molecule has 4 aromatic rings. The zero-order chi connectivity index (χ0) is 38.9. The number of aliphatic hydroxyl groups is 1. The molecule has 54 heavy (non-hydrogen) atoms. The molecule has 2 N–H and O–H groups in total. The number of aliphatic hydroxyl groups excluding tert-OH is 1. The Balaban J connectivity index is 1.41. The highest BCUT2D eigenvalue weighted by Crippen LogP contribution is 2.55. The molecule has 2 aromatic carbocycles. The van der Waals surface area contributed by atoms with Crippen molar-refractivity contribution >= 4 is 50.7 Å². The number of Topliss-reactive ketones (excluding diaryl/α,β-unsaturated/α-hetero) is 2. The van der Waals surface area contributed by atoms with Gasteiger partial charge in [-0.3, -0.25) is 19.4 Å². The molecule has 2 aromatic heterocycles. The van der Waals surface area contributed by atoms with Crippen molar-refractivity contribution in [1.29, 1.82) is 0 Å². The standard InChI is InChI=1S/C37H37ClN4O10S2/c1-19-16-25(43)29(33(45)37(19)34(46)30-26(49-2)18-27(50-3)31(38)32(30)51-37)22(20-9-11-21(53-4)12-10-20)17-28(44)40-24(13-15-54(5,47)48)36-41-35(42-52-36)23-8-6-7-14-39-23/h6-12,14,18-19,22,24,45H,13,15-17H2,1-5H3,(H,40,44). The molecule has 1 aliphatic heterocycles. The van der Waals surface area contributed by atoms with Crippen LogP contribution in [0.15, 0.2) is 75.5 Å². The van der Waals surface area contributed by atoms with Crippen LogP contribution in [0.1, 0.15) is 60.0 Å². The molecule has 0 saturated carbocycles. The Kier molecular flexibility index (Phi) is 11.1. The quantitative estimate of drug-likeness (QED) is 0.156. The molecule has 0 radical (unpaired) electrons. The maximum Gasteiger partial charge on any atom is 0.249 e. The van der Waals surface area contributed by atoms with Crippen molar-refractivity contribution in [3.8, 4) is 28.8 Å². The second-order valence-electron chi connectivity index (χ2n) is 13.0. The number of amides is 1. The summed E-state index contributed by atoms with van der Waals surface area (Å²) in [5, 5.41) is 19.0. The van der Waals surface area contributed by atoms with Crippen molar-refractivity contribution in [2.24, 2.45) is 5.92 Å². The summed E-state index contributed by atoms with van der Waals surface area (Å²) in [5.74, 6) is -4.44. The molecule has 14 nitrogen and oxygen atoms in total. The number of nitrogens with one attached hydrogen (secondary N) is 1. The number of hydrogen-bond acceptors (Lipinski definition) is 14. The van der Waals surface area contributed by atoms with E-state index in [1.165, 1.54) is 32.0 Å². The van der Waals surface area contributed by atoms with E-state index >= 15 is 0 Å². The number of pyridine rings is 1. The van der Waals surface area contributed by atoms with E-state index in [9.17, 15) is 27.9 Å². The molecule has 0 saturated heterocycles. The fraction of sp³-hybridized carbons (Fsp3) is 0.351. The molecule has 1 aliphatic carbocycles. The van der Waals surface area contributed by atoms with Gasteiger partial charge < -0.3 is 29.2 Å². The second kappa shape index (κ2) is 15.4. The van der Waals surface area contributed by atoms with Gasteiger partial charge in [0, 0.05) is 53.7 Å². The molecule has 3 heterocycles. The number of fused-ring (bicyclic) bond motifs is 1. The average molecular weight is 797 g/mol. The van der Waals surface area contributed by atoms with Crippen LogP contribution >= 0.6 is 23.4 Å². The van der Waals surface area contributed by atoms with Crippen LogP contribution in [-0.4, -0.2) is 84.2 Å². The number of ether oxygens (including phenoxy) is 3. The number of aromatic nitrogens is 3.